The normalized spacial score (nSPS) is 11.7. The average Bonchev–Trinajstić information content (AvgIpc) is 2.24. The van der Waals surface area contributed by atoms with Gasteiger partial charge >= 0.3 is 6.18 Å². The molecule has 0 spiro atoms. The molecule has 0 aliphatic rings. The lowest BCUT2D eigenvalue weighted by atomic mass is 10.1. The van der Waals surface area contributed by atoms with E-state index in [0.717, 1.165) is 0 Å². The highest BCUT2D eigenvalue weighted by Gasteiger charge is 2.40. The van der Waals surface area contributed by atoms with Crippen molar-refractivity contribution < 1.29 is 22.7 Å². The largest absolute Gasteiger partial charge is 0.493 e. The highest BCUT2D eigenvalue weighted by molar-refractivity contribution is 6.02. The monoisotopic (exact) mass is 260 g/mol. The Balaban J connectivity index is 3.08. The number of Topliss-reactive ketones (excluding diaryl/α,β-unsaturated/α-hetero) is 1. The Bertz CT molecular complexity index is 436. The van der Waals surface area contributed by atoms with Gasteiger partial charge in [-0.2, -0.15) is 13.2 Å². The molecule has 0 saturated heterocycles. The summed E-state index contributed by atoms with van der Waals surface area (Å²) < 4.78 is 42.6. The van der Waals surface area contributed by atoms with Crippen LogP contribution >= 0.6 is 0 Å². The molecule has 0 aliphatic heterocycles. The van der Waals surface area contributed by atoms with E-state index in [9.17, 15) is 18.0 Å². The number of carbonyl (C=O) groups is 1. The summed E-state index contributed by atoms with van der Waals surface area (Å²) in [6, 6.07) is 4.21. The molecule has 0 aromatic heterocycles. The van der Waals surface area contributed by atoms with Crippen molar-refractivity contribution in [3.8, 4) is 5.75 Å². The van der Waals surface area contributed by atoms with Gasteiger partial charge in [0.2, 0.25) is 0 Å². The standard InChI is InChI=1S/C13H15F3O2/c1-8(2)7-18-11-5-4-9(3)6-10(11)12(17)13(14,15)16/h4-6,8H,7H2,1-3H3. The van der Waals surface area contributed by atoms with E-state index < -0.39 is 17.5 Å². The molecule has 2 nitrogen and oxygen atoms in total. The van der Waals surface area contributed by atoms with E-state index in [2.05, 4.69) is 0 Å². The van der Waals surface area contributed by atoms with E-state index >= 15 is 0 Å². The molecule has 0 amide bonds. The second kappa shape index (κ2) is 5.42. The SMILES string of the molecule is Cc1ccc(OCC(C)C)c(C(=O)C(F)(F)F)c1. The summed E-state index contributed by atoms with van der Waals surface area (Å²) >= 11 is 0. The smallest absolute Gasteiger partial charge is 0.455 e. The number of rotatable bonds is 4. The zero-order valence-electron chi connectivity index (χ0n) is 10.5. The molecule has 0 atom stereocenters. The molecule has 100 valence electrons. The maximum atomic E-state index is 12.4. The lowest BCUT2D eigenvalue weighted by molar-refractivity contribution is -0.0886. The van der Waals surface area contributed by atoms with Gasteiger partial charge < -0.3 is 4.74 Å². The van der Waals surface area contributed by atoms with E-state index in [1.54, 1.807) is 13.0 Å². The van der Waals surface area contributed by atoms with Crippen LogP contribution in [-0.4, -0.2) is 18.6 Å². The van der Waals surface area contributed by atoms with Crippen molar-refractivity contribution in [2.75, 3.05) is 6.61 Å². The Kier molecular flexibility index (Phi) is 4.38. The first-order chi connectivity index (χ1) is 8.21. The van der Waals surface area contributed by atoms with Crippen LogP contribution in [0.4, 0.5) is 13.2 Å². The first-order valence-electron chi connectivity index (χ1n) is 5.56. The third-order valence-electron chi connectivity index (χ3n) is 2.21. The van der Waals surface area contributed by atoms with E-state index in [1.165, 1.54) is 12.1 Å². The maximum absolute atomic E-state index is 12.4. The van der Waals surface area contributed by atoms with Gasteiger partial charge in [-0.25, -0.2) is 0 Å². The Hall–Kier alpha value is -1.52. The van der Waals surface area contributed by atoms with Gasteiger partial charge in [-0.05, 0) is 25.0 Å². The molecule has 0 unspecified atom stereocenters. The summed E-state index contributed by atoms with van der Waals surface area (Å²) in [7, 11) is 0. The molecule has 1 aromatic rings. The van der Waals surface area contributed by atoms with Crippen molar-refractivity contribution in [1.29, 1.82) is 0 Å². The van der Waals surface area contributed by atoms with Gasteiger partial charge in [-0.1, -0.05) is 25.5 Å². The summed E-state index contributed by atoms with van der Waals surface area (Å²) in [6.45, 7) is 5.64. The number of carbonyl (C=O) groups excluding carboxylic acids is 1. The molecule has 0 radical (unpaired) electrons. The first kappa shape index (κ1) is 14.5. The topological polar surface area (TPSA) is 26.3 Å². The molecule has 0 N–H and O–H groups in total. The van der Waals surface area contributed by atoms with Gasteiger partial charge in [-0.3, -0.25) is 4.79 Å². The first-order valence-corrected chi connectivity index (χ1v) is 5.56. The second-order valence-electron chi connectivity index (χ2n) is 4.53. The average molecular weight is 260 g/mol. The minimum Gasteiger partial charge on any atom is -0.493 e. The summed E-state index contributed by atoms with van der Waals surface area (Å²) in [5.41, 5.74) is 0.155. The molecular weight excluding hydrogens is 245 g/mol. The third-order valence-corrected chi connectivity index (χ3v) is 2.21. The Morgan fingerprint density at radius 3 is 2.44 bits per heavy atom. The lowest BCUT2D eigenvalue weighted by Crippen LogP contribution is -2.24. The zero-order chi connectivity index (χ0) is 13.9. The van der Waals surface area contributed by atoms with Crippen molar-refractivity contribution in [2.45, 2.75) is 26.9 Å². The van der Waals surface area contributed by atoms with Gasteiger partial charge in [0, 0.05) is 0 Å². The van der Waals surface area contributed by atoms with Gasteiger partial charge in [0.05, 0.1) is 12.2 Å². The molecule has 18 heavy (non-hydrogen) atoms. The van der Waals surface area contributed by atoms with Crippen molar-refractivity contribution >= 4 is 5.78 Å². The highest BCUT2D eigenvalue weighted by atomic mass is 19.4. The zero-order valence-corrected chi connectivity index (χ0v) is 10.5. The number of benzene rings is 1. The molecule has 0 saturated carbocycles. The Labute approximate surface area is 104 Å². The van der Waals surface area contributed by atoms with Crippen LogP contribution in [0.1, 0.15) is 29.8 Å². The van der Waals surface area contributed by atoms with Crippen molar-refractivity contribution in [1.82, 2.24) is 0 Å². The number of aryl methyl sites for hydroxylation is 1. The number of hydrogen-bond donors (Lipinski definition) is 0. The minimum absolute atomic E-state index is 0.0170. The fourth-order valence-corrected chi connectivity index (χ4v) is 1.36. The van der Waals surface area contributed by atoms with Crippen LogP contribution in [0, 0.1) is 12.8 Å². The van der Waals surface area contributed by atoms with Gasteiger partial charge in [0.25, 0.3) is 5.78 Å². The molecular formula is C13H15F3O2. The predicted octanol–water partition coefficient (Wildman–Crippen LogP) is 3.77. The van der Waals surface area contributed by atoms with Crippen LogP contribution in [0.15, 0.2) is 18.2 Å². The summed E-state index contributed by atoms with van der Waals surface area (Å²) in [6.07, 6.45) is -4.89. The van der Waals surface area contributed by atoms with Gasteiger partial charge in [-0.15, -0.1) is 0 Å². The molecule has 5 heteroatoms. The maximum Gasteiger partial charge on any atom is 0.455 e. The number of halogens is 3. The molecule has 0 heterocycles. The third kappa shape index (κ3) is 3.75. The number of ketones is 1. The summed E-state index contributed by atoms with van der Waals surface area (Å²) in [5, 5.41) is 0. The van der Waals surface area contributed by atoms with E-state index in [0.29, 0.717) is 5.56 Å². The molecule has 0 aliphatic carbocycles. The van der Waals surface area contributed by atoms with E-state index in [-0.39, 0.29) is 18.3 Å². The van der Waals surface area contributed by atoms with Crippen LogP contribution in [-0.2, 0) is 0 Å². The van der Waals surface area contributed by atoms with Gasteiger partial charge in [0.1, 0.15) is 5.75 Å². The highest BCUT2D eigenvalue weighted by Crippen LogP contribution is 2.28. The van der Waals surface area contributed by atoms with Crippen LogP contribution in [0.5, 0.6) is 5.75 Å². The number of ether oxygens (including phenoxy) is 1. The van der Waals surface area contributed by atoms with Crippen molar-refractivity contribution in [3.05, 3.63) is 29.3 Å². The number of hydrogen-bond acceptors (Lipinski definition) is 2. The second-order valence-corrected chi connectivity index (χ2v) is 4.53. The van der Waals surface area contributed by atoms with Crippen molar-refractivity contribution in [3.63, 3.8) is 0 Å². The van der Waals surface area contributed by atoms with Crippen LogP contribution in [0.25, 0.3) is 0 Å². The predicted molar refractivity (Wildman–Crippen MR) is 61.9 cm³/mol. The Morgan fingerprint density at radius 1 is 1.33 bits per heavy atom. The van der Waals surface area contributed by atoms with Crippen LogP contribution in [0.2, 0.25) is 0 Å². The van der Waals surface area contributed by atoms with Crippen LogP contribution in [0.3, 0.4) is 0 Å². The minimum atomic E-state index is -4.89. The van der Waals surface area contributed by atoms with E-state index in [1.807, 2.05) is 13.8 Å². The fraction of sp³-hybridized carbons (Fsp3) is 0.462. The molecule has 0 fully saturated rings. The fourth-order valence-electron chi connectivity index (χ4n) is 1.36. The quantitative estimate of drug-likeness (QED) is 0.770. The molecule has 0 bridgehead atoms. The summed E-state index contributed by atoms with van der Waals surface area (Å²) in [5.74, 6) is -1.72. The van der Waals surface area contributed by atoms with Gasteiger partial charge in [0.15, 0.2) is 0 Å². The molecule has 1 aromatic carbocycles. The molecule has 1 rings (SSSR count). The van der Waals surface area contributed by atoms with E-state index in [4.69, 9.17) is 4.74 Å². The summed E-state index contributed by atoms with van der Waals surface area (Å²) in [4.78, 5) is 11.3. The number of alkyl halides is 3. The Morgan fingerprint density at radius 2 is 1.94 bits per heavy atom. The van der Waals surface area contributed by atoms with Crippen molar-refractivity contribution in [2.24, 2.45) is 5.92 Å². The lowest BCUT2D eigenvalue weighted by Gasteiger charge is -2.14. The van der Waals surface area contributed by atoms with Crippen LogP contribution < -0.4 is 4.74 Å².